The molecule has 0 aliphatic heterocycles. The van der Waals surface area contributed by atoms with E-state index in [1.54, 1.807) is 41.0 Å². The molecule has 3 N–H and O–H groups in total. The van der Waals surface area contributed by atoms with E-state index in [0.29, 0.717) is 41.3 Å². The van der Waals surface area contributed by atoms with Gasteiger partial charge in [-0.1, -0.05) is 36.4 Å². The van der Waals surface area contributed by atoms with E-state index in [2.05, 4.69) is 20.7 Å². The fourth-order valence-electron chi connectivity index (χ4n) is 3.58. The van der Waals surface area contributed by atoms with Gasteiger partial charge in [0, 0.05) is 30.9 Å². The molecule has 34 heavy (non-hydrogen) atoms. The summed E-state index contributed by atoms with van der Waals surface area (Å²) in [5, 5.41) is 20.8. The number of anilines is 1. The number of nitrogens with zero attached hydrogens (tertiary/aromatic N) is 3. The molecule has 9 heteroatoms. The molecule has 0 aliphatic carbocycles. The number of rotatable bonds is 7. The Labute approximate surface area is 196 Å². The van der Waals surface area contributed by atoms with E-state index in [1.165, 1.54) is 6.26 Å². The minimum absolute atomic E-state index is 0.137. The van der Waals surface area contributed by atoms with Crippen LogP contribution in [0.4, 0.5) is 5.82 Å². The molecule has 0 saturated heterocycles. The first kappa shape index (κ1) is 21.3. The molecule has 0 unspecified atom stereocenters. The van der Waals surface area contributed by atoms with Crippen molar-refractivity contribution in [2.24, 2.45) is 0 Å². The largest absolute Gasteiger partial charge is 0.507 e. The number of hydrogen-bond donors (Lipinski definition) is 3. The second-order valence-corrected chi connectivity index (χ2v) is 7.71. The summed E-state index contributed by atoms with van der Waals surface area (Å²) in [6.45, 7) is 0.923. The van der Waals surface area contributed by atoms with Crippen LogP contribution in [-0.2, 0) is 13.1 Å². The molecule has 3 aromatic heterocycles. The SMILES string of the molecule is [B]c1cnn2c(NCc3ccc(CNC(=O)c4ccco4)cc3)cc(-c3ccccc3O)nc12. The summed E-state index contributed by atoms with van der Waals surface area (Å²) >= 11 is 0. The predicted molar refractivity (Wildman–Crippen MR) is 129 cm³/mol. The van der Waals surface area contributed by atoms with Crippen molar-refractivity contribution in [3.63, 3.8) is 0 Å². The Balaban J connectivity index is 1.31. The number of nitrogens with one attached hydrogen (secondary N) is 2. The number of phenolic OH excluding ortho intramolecular Hbond substituents is 1. The number of aromatic hydroxyl groups is 1. The van der Waals surface area contributed by atoms with Crippen LogP contribution >= 0.6 is 0 Å². The van der Waals surface area contributed by atoms with E-state index < -0.39 is 0 Å². The highest BCUT2D eigenvalue weighted by Gasteiger charge is 2.13. The highest BCUT2D eigenvalue weighted by molar-refractivity contribution is 6.36. The van der Waals surface area contributed by atoms with Crippen LogP contribution in [0.3, 0.4) is 0 Å². The minimum atomic E-state index is -0.254. The summed E-state index contributed by atoms with van der Waals surface area (Å²) < 4.78 is 6.73. The maximum atomic E-state index is 12.0. The van der Waals surface area contributed by atoms with E-state index in [0.717, 1.165) is 11.1 Å². The summed E-state index contributed by atoms with van der Waals surface area (Å²) in [7, 11) is 6.06. The molecule has 8 nitrogen and oxygen atoms in total. The topological polar surface area (TPSA) is 105 Å². The molecule has 0 aliphatic rings. The van der Waals surface area contributed by atoms with Gasteiger partial charge in [0.25, 0.3) is 5.91 Å². The van der Waals surface area contributed by atoms with Gasteiger partial charge < -0.3 is 20.2 Å². The molecule has 0 atom stereocenters. The second-order valence-electron chi connectivity index (χ2n) is 7.71. The summed E-state index contributed by atoms with van der Waals surface area (Å²) in [4.78, 5) is 16.6. The lowest BCUT2D eigenvalue weighted by Crippen LogP contribution is -2.22. The van der Waals surface area contributed by atoms with Gasteiger partial charge in [-0.05, 0) is 40.9 Å². The standard InChI is InChI=1S/C25H20BN5O3/c26-19-15-29-31-23(12-20(30-24(19)31)18-4-1-2-5-21(18)32)27-13-16-7-9-17(10-8-16)14-28-25(33)22-6-3-11-34-22/h1-12,15,27,32H,13-14H2,(H,28,33). The third-order valence-electron chi connectivity index (χ3n) is 5.37. The van der Waals surface area contributed by atoms with Crippen LogP contribution in [0.5, 0.6) is 5.75 Å². The van der Waals surface area contributed by atoms with Crippen molar-refractivity contribution in [1.29, 1.82) is 0 Å². The van der Waals surface area contributed by atoms with Gasteiger partial charge in [0.15, 0.2) is 11.4 Å². The maximum Gasteiger partial charge on any atom is 0.287 e. The Kier molecular flexibility index (Phi) is 5.74. The lowest BCUT2D eigenvalue weighted by molar-refractivity contribution is 0.0923. The van der Waals surface area contributed by atoms with Crippen molar-refractivity contribution in [3.05, 3.63) is 96.1 Å². The molecule has 0 saturated carbocycles. The van der Waals surface area contributed by atoms with Crippen molar-refractivity contribution in [2.45, 2.75) is 13.1 Å². The molecule has 166 valence electrons. The fourth-order valence-corrected chi connectivity index (χ4v) is 3.58. The van der Waals surface area contributed by atoms with E-state index in [4.69, 9.17) is 12.3 Å². The van der Waals surface area contributed by atoms with E-state index in [-0.39, 0.29) is 17.4 Å². The van der Waals surface area contributed by atoms with Crippen LogP contribution in [0.25, 0.3) is 16.9 Å². The quantitative estimate of drug-likeness (QED) is 0.330. The van der Waals surface area contributed by atoms with Gasteiger partial charge in [-0.25, -0.2) is 4.98 Å². The Bertz CT molecular complexity index is 1450. The summed E-state index contributed by atoms with van der Waals surface area (Å²) in [5.74, 6) is 0.857. The van der Waals surface area contributed by atoms with Crippen LogP contribution in [0.1, 0.15) is 21.7 Å². The average molecular weight is 449 g/mol. The van der Waals surface area contributed by atoms with Gasteiger partial charge in [0.1, 0.15) is 19.4 Å². The van der Waals surface area contributed by atoms with Crippen molar-refractivity contribution in [1.82, 2.24) is 19.9 Å². The molecule has 3 heterocycles. The average Bonchev–Trinajstić information content (AvgIpc) is 3.53. The third kappa shape index (κ3) is 4.36. The molecule has 1 amide bonds. The third-order valence-corrected chi connectivity index (χ3v) is 5.37. The van der Waals surface area contributed by atoms with Crippen molar-refractivity contribution >= 4 is 30.7 Å². The fraction of sp³-hybridized carbons (Fsp3) is 0.0800. The first-order valence-electron chi connectivity index (χ1n) is 10.6. The van der Waals surface area contributed by atoms with Crippen molar-refractivity contribution in [2.75, 3.05) is 5.32 Å². The van der Waals surface area contributed by atoms with Crippen LogP contribution in [-0.4, -0.2) is 33.5 Å². The van der Waals surface area contributed by atoms with Crippen molar-refractivity contribution < 1.29 is 14.3 Å². The number of phenols is 1. The lowest BCUT2D eigenvalue weighted by Gasteiger charge is -2.12. The molecule has 5 rings (SSSR count). The highest BCUT2D eigenvalue weighted by Crippen LogP contribution is 2.29. The smallest absolute Gasteiger partial charge is 0.287 e. The monoisotopic (exact) mass is 449 g/mol. The van der Waals surface area contributed by atoms with E-state index in [1.807, 2.05) is 36.4 Å². The molecule has 2 aromatic carbocycles. The van der Waals surface area contributed by atoms with Crippen molar-refractivity contribution in [3.8, 4) is 17.0 Å². The predicted octanol–water partition coefficient (Wildman–Crippen LogP) is 3.03. The number of para-hydroxylation sites is 1. The van der Waals surface area contributed by atoms with Crippen LogP contribution in [0, 0.1) is 0 Å². The highest BCUT2D eigenvalue weighted by atomic mass is 16.3. The second kappa shape index (κ2) is 9.15. The minimum Gasteiger partial charge on any atom is -0.507 e. The Hall–Kier alpha value is -4.53. The van der Waals surface area contributed by atoms with Crippen LogP contribution in [0.2, 0.25) is 0 Å². The van der Waals surface area contributed by atoms with Gasteiger partial charge in [-0.15, -0.1) is 0 Å². The number of fused-ring (bicyclic) bond motifs is 1. The lowest BCUT2D eigenvalue weighted by atomic mass is 10.0. The molecule has 0 fully saturated rings. The molecule has 5 aromatic rings. The maximum absolute atomic E-state index is 12.0. The molecular formula is C25H20BN5O3. The summed E-state index contributed by atoms with van der Waals surface area (Å²) in [5.41, 5.74) is 4.15. The van der Waals surface area contributed by atoms with Gasteiger partial charge >= 0.3 is 0 Å². The zero-order chi connectivity index (χ0) is 23.5. The van der Waals surface area contributed by atoms with Gasteiger partial charge in [-0.3, -0.25) is 4.79 Å². The normalized spacial score (nSPS) is 10.9. The number of hydrogen-bond acceptors (Lipinski definition) is 6. The first-order chi connectivity index (χ1) is 16.6. The van der Waals surface area contributed by atoms with Crippen LogP contribution in [0.15, 0.2) is 83.6 Å². The van der Waals surface area contributed by atoms with E-state index in [9.17, 15) is 9.90 Å². The summed E-state index contributed by atoms with van der Waals surface area (Å²) in [6.07, 6.45) is 3.02. The first-order valence-corrected chi connectivity index (χ1v) is 10.6. The number of carbonyl (C=O) groups is 1. The zero-order valence-electron chi connectivity index (χ0n) is 18.1. The summed E-state index contributed by atoms with van der Waals surface area (Å²) in [6, 6.07) is 20.0. The molecule has 0 spiro atoms. The molecule has 2 radical (unpaired) electrons. The number of aromatic nitrogens is 3. The number of carbonyl (C=O) groups excluding carboxylic acids is 1. The Morgan fingerprint density at radius 2 is 1.79 bits per heavy atom. The molecule has 0 bridgehead atoms. The van der Waals surface area contributed by atoms with Crippen LogP contribution < -0.4 is 16.1 Å². The Morgan fingerprint density at radius 1 is 1.03 bits per heavy atom. The van der Waals surface area contributed by atoms with Gasteiger partial charge in [0.2, 0.25) is 0 Å². The number of furan rings is 1. The van der Waals surface area contributed by atoms with Gasteiger partial charge in [-0.2, -0.15) is 9.61 Å². The van der Waals surface area contributed by atoms with E-state index >= 15 is 0 Å². The number of amides is 1. The zero-order valence-corrected chi connectivity index (χ0v) is 18.1. The van der Waals surface area contributed by atoms with Gasteiger partial charge in [0.05, 0.1) is 12.0 Å². The molecular weight excluding hydrogens is 429 g/mol. The number of benzene rings is 2. The Morgan fingerprint density at radius 3 is 2.53 bits per heavy atom.